The summed E-state index contributed by atoms with van der Waals surface area (Å²) < 4.78 is 10.5. The second-order valence-electron chi connectivity index (χ2n) is 4.25. The van der Waals surface area contributed by atoms with Crippen LogP contribution < -0.4 is 5.56 Å². The van der Waals surface area contributed by atoms with Gasteiger partial charge in [0, 0.05) is 12.0 Å². The van der Waals surface area contributed by atoms with Crippen LogP contribution in [0.25, 0.3) is 10.9 Å². The first-order valence-corrected chi connectivity index (χ1v) is 6.57. The van der Waals surface area contributed by atoms with Gasteiger partial charge in [-0.1, -0.05) is 0 Å². The third-order valence-electron chi connectivity index (χ3n) is 3.12. The fraction of sp³-hybridized carbons (Fsp3) is 0.250. The minimum atomic E-state index is -0.249. The van der Waals surface area contributed by atoms with Gasteiger partial charge in [-0.25, -0.2) is 4.98 Å². The van der Waals surface area contributed by atoms with Gasteiger partial charge in [0.05, 0.1) is 17.1 Å². The molecule has 0 saturated heterocycles. The molecule has 0 bridgehead atoms. The van der Waals surface area contributed by atoms with Crippen LogP contribution in [0.1, 0.15) is 28.2 Å². The fourth-order valence-electron chi connectivity index (χ4n) is 2.26. The maximum atomic E-state index is 11.9. The second-order valence-corrected chi connectivity index (χ2v) is 4.82. The van der Waals surface area contributed by atoms with Gasteiger partial charge in [-0.15, -0.1) is 0 Å². The van der Waals surface area contributed by atoms with E-state index < -0.39 is 0 Å². The number of carbonyl (C=O) groups is 1. The summed E-state index contributed by atoms with van der Waals surface area (Å²) in [6.45, 7) is 0. The summed E-state index contributed by atoms with van der Waals surface area (Å²) in [5, 5.41) is 0.481. The SMILES string of the molecule is O=PCc1nc2cc3c(cc2c(=O)[nH]1)CCC3=O. The number of Topliss-reactive ketones (excluding diaryl/α,β-unsaturated/α-hetero) is 1. The molecule has 0 amide bonds. The van der Waals surface area contributed by atoms with Crippen LogP contribution >= 0.6 is 8.46 Å². The summed E-state index contributed by atoms with van der Waals surface area (Å²) in [5.74, 6) is 0.465. The summed E-state index contributed by atoms with van der Waals surface area (Å²) in [6, 6.07) is 3.40. The molecule has 3 rings (SSSR count). The number of hydrogen-bond acceptors (Lipinski definition) is 4. The van der Waals surface area contributed by atoms with Gasteiger partial charge in [-0.3, -0.25) is 14.2 Å². The predicted octanol–water partition coefficient (Wildman–Crippen LogP) is 1.84. The Bertz CT molecular complexity index is 736. The van der Waals surface area contributed by atoms with Crippen LogP contribution in [0.3, 0.4) is 0 Å². The van der Waals surface area contributed by atoms with Gasteiger partial charge < -0.3 is 4.98 Å². The number of H-pyrrole nitrogens is 1. The van der Waals surface area contributed by atoms with Crippen LogP contribution in [0, 0.1) is 0 Å². The molecule has 0 radical (unpaired) electrons. The van der Waals surface area contributed by atoms with Crippen LogP contribution in [0.5, 0.6) is 0 Å². The molecule has 0 unspecified atom stereocenters. The molecular formula is C12H9N2O3P. The van der Waals surface area contributed by atoms with Crippen molar-refractivity contribution in [2.75, 3.05) is 0 Å². The van der Waals surface area contributed by atoms with E-state index in [1.54, 1.807) is 12.1 Å². The van der Waals surface area contributed by atoms with Crippen molar-refractivity contribution in [2.45, 2.75) is 19.0 Å². The number of rotatable bonds is 2. The van der Waals surface area contributed by atoms with Crippen LogP contribution in [0.4, 0.5) is 0 Å². The first-order chi connectivity index (χ1) is 8.69. The number of hydrogen-bond donors (Lipinski definition) is 1. The maximum absolute atomic E-state index is 11.9. The summed E-state index contributed by atoms with van der Waals surface area (Å²) in [7, 11) is -0.0979. The second kappa shape index (κ2) is 4.10. The highest BCUT2D eigenvalue weighted by Gasteiger charge is 2.21. The van der Waals surface area contributed by atoms with Gasteiger partial charge in [-0.05, 0) is 24.1 Å². The van der Waals surface area contributed by atoms with Crippen LogP contribution in [0.2, 0.25) is 0 Å². The topological polar surface area (TPSA) is 79.9 Å². The summed E-state index contributed by atoms with van der Waals surface area (Å²) in [5.41, 5.74) is 1.81. The molecule has 1 aromatic heterocycles. The molecule has 2 aromatic rings. The molecule has 1 N–H and O–H groups in total. The highest BCUT2D eigenvalue weighted by atomic mass is 31.1. The molecule has 0 atom stereocenters. The standard InChI is InChI=1S/C12H9N2O3P/c15-10-2-1-6-3-8-9(4-7(6)10)13-11(5-18-17)14-12(8)16/h3-4H,1-2,5H2,(H,13,14,16). The van der Waals surface area contributed by atoms with Gasteiger partial charge in [0.1, 0.15) is 5.82 Å². The lowest BCUT2D eigenvalue weighted by Gasteiger charge is -2.03. The fourth-order valence-corrected chi connectivity index (χ4v) is 2.54. The summed E-state index contributed by atoms with van der Waals surface area (Å²) in [6.07, 6.45) is 1.34. The number of benzene rings is 1. The number of ketones is 1. The number of fused-ring (bicyclic) bond motifs is 2. The van der Waals surface area contributed by atoms with Crippen LogP contribution in [-0.2, 0) is 17.1 Å². The van der Waals surface area contributed by atoms with E-state index in [1.165, 1.54) is 0 Å². The average molecular weight is 260 g/mol. The Morgan fingerprint density at radius 2 is 2.11 bits per heavy atom. The Morgan fingerprint density at radius 3 is 2.89 bits per heavy atom. The van der Waals surface area contributed by atoms with Gasteiger partial charge in [0.2, 0.25) is 0 Å². The molecule has 0 aliphatic heterocycles. The number of carbonyl (C=O) groups excluding carboxylic acids is 1. The molecule has 0 fully saturated rings. The minimum absolute atomic E-state index is 0.0949. The first-order valence-electron chi connectivity index (χ1n) is 5.57. The van der Waals surface area contributed by atoms with Crippen LogP contribution in [0.15, 0.2) is 16.9 Å². The Hall–Kier alpha value is -1.87. The average Bonchev–Trinajstić information content (AvgIpc) is 2.69. The molecule has 1 aliphatic carbocycles. The lowest BCUT2D eigenvalue weighted by atomic mass is 10.1. The Kier molecular flexibility index (Phi) is 2.56. The normalized spacial score (nSPS) is 14.3. The van der Waals surface area contributed by atoms with Crippen molar-refractivity contribution in [2.24, 2.45) is 0 Å². The molecule has 0 saturated carbocycles. The number of aromatic nitrogens is 2. The van der Waals surface area contributed by atoms with Crippen molar-refractivity contribution in [1.29, 1.82) is 0 Å². The molecule has 1 aromatic carbocycles. The lowest BCUT2D eigenvalue weighted by Crippen LogP contribution is -2.11. The lowest BCUT2D eigenvalue weighted by molar-refractivity contribution is 0.0994. The Balaban J connectivity index is 2.30. The molecular weight excluding hydrogens is 251 g/mol. The van der Waals surface area contributed by atoms with Crippen molar-refractivity contribution < 1.29 is 9.36 Å². The van der Waals surface area contributed by atoms with E-state index in [1.807, 2.05) is 0 Å². The zero-order valence-electron chi connectivity index (χ0n) is 9.40. The largest absolute Gasteiger partial charge is 0.309 e. The first kappa shape index (κ1) is 11.2. The van der Waals surface area contributed by atoms with Crippen molar-refractivity contribution in [3.8, 4) is 0 Å². The minimum Gasteiger partial charge on any atom is -0.309 e. The van der Waals surface area contributed by atoms with E-state index in [0.29, 0.717) is 35.1 Å². The number of nitrogens with one attached hydrogen (secondary N) is 1. The van der Waals surface area contributed by atoms with Gasteiger partial charge in [0.15, 0.2) is 14.2 Å². The van der Waals surface area contributed by atoms with Gasteiger partial charge >= 0.3 is 0 Å². The summed E-state index contributed by atoms with van der Waals surface area (Å²) in [4.78, 5) is 30.3. The van der Waals surface area contributed by atoms with E-state index in [-0.39, 0.29) is 26.0 Å². The monoisotopic (exact) mass is 260 g/mol. The maximum Gasteiger partial charge on any atom is 0.258 e. The molecule has 0 spiro atoms. The van der Waals surface area contributed by atoms with E-state index in [2.05, 4.69) is 9.97 Å². The zero-order valence-corrected chi connectivity index (χ0v) is 10.3. The predicted molar refractivity (Wildman–Crippen MR) is 66.3 cm³/mol. The molecule has 6 heteroatoms. The van der Waals surface area contributed by atoms with Crippen LogP contribution in [-0.4, -0.2) is 15.8 Å². The van der Waals surface area contributed by atoms with Gasteiger partial charge in [0.25, 0.3) is 5.56 Å². The zero-order chi connectivity index (χ0) is 12.7. The van der Waals surface area contributed by atoms with Crippen molar-refractivity contribution in [3.05, 3.63) is 39.4 Å². The Labute approximate surface area is 103 Å². The molecule has 5 nitrogen and oxygen atoms in total. The van der Waals surface area contributed by atoms with E-state index in [0.717, 1.165) is 5.56 Å². The van der Waals surface area contributed by atoms with E-state index >= 15 is 0 Å². The van der Waals surface area contributed by atoms with Crippen molar-refractivity contribution in [3.63, 3.8) is 0 Å². The number of nitrogens with zero attached hydrogens (tertiary/aromatic N) is 1. The molecule has 1 heterocycles. The Morgan fingerprint density at radius 1 is 1.28 bits per heavy atom. The van der Waals surface area contributed by atoms with E-state index in [4.69, 9.17) is 0 Å². The molecule has 18 heavy (non-hydrogen) atoms. The third kappa shape index (κ3) is 1.68. The van der Waals surface area contributed by atoms with Gasteiger partial charge in [-0.2, -0.15) is 0 Å². The molecule has 1 aliphatic rings. The smallest absolute Gasteiger partial charge is 0.258 e. The summed E-state index contributed by atoms with van der Waals surface area (Å²) >= 11 is 0. The van der Waals surface area contributed by atoms with Crippen molar-refractivity contribution >= 4 is 25.1 Å². The number of aryl methyl sites for hydroxylation is 1. The quantitative estimate of drug-likeness (QED) is 0.835. The van der Waals surface area contributed by atoms with E-state index in [9.17, 15) is 14.2 Å². The number of aromatic amines is 1. The molecule has 90 valence electrons. The highest BCUT2D eigenvalue weighted by Crippen LogP contribution is 2.25. The van der Waals surface area contributed by atoms with Crippen molar-refractivity contribution in [1.82, 2.24) is 9.97 Å². The third-order valence-corrected chi connectivity index (χ3v) is 3.54. The highest BCUT2D eigenvalue weighted by molar-refractivity contribution is 7.22.